The number of hydrogen-bond donors (Lipinski definition) is 1. The van der Waals surface area contributed by atoms with Crippen LogP contribution in [0, 0.1) is 0 Å². The SMILES string of the molecule is COc1cccc(NC(=O)CCc2nc3ccccc3c(=O)n2C2CC2)c1. The lowest BCUT2D eigenvalue weighted by Gasteiger charge is -2.13. The van der Waals surface area contributed by atoms with Crippen LogP contribution in [0.1, 0.15) is 31.1 Å². The van der Waals surface area contributed by atoms with Crippen LogP contribution in [0.2, 0.25) is 0 Å². The van der Waals surface area contributed by atoms with Gasteiger partial charge < -0.3 is 10.1 Å². The lowest BCUT2D eigenvalue weighted by molar-refractivity contribution is -0.116. The minimum atomic E-state index is -0.118. The maximum Gasteiger partial charge on any atom is 0.261 e. The molecule has 0 bridgehead atoms. The second-order valence-corrected chi connectivity index (χ2v) is 6.73. The summed E-state index contributed by atoms with van der Waals surface area (Å²) in [7, 11) is 1.59. The van der Waals surface area contributed by atoms with Gasteiger partial charge >= 0.3 is 0 Å². The topological polar surface area (TPSA) is 73.2 Å². The van der Waals surface area contributed by atoms with E-state index in [1.54, 1.807) is 17.7 Å². The fourth-order valence-corrected chi connectivity index (χ4v) is 3.23. The number of carbonyl (C=O) groups is 1. The van der Waals surface area contributed by atoms with Crippen molar-refractivity contribution >= 4 is 22.5 Å². The Morgan fingerprint density at radius 3 is 2.81 bits per heavy atom. The second-order valence-electron chi connectivity index (χ2n) is 6.73. The lowest BCUT2D eigenvalue weighted by Crippen LogP contribution is -2.25. The zero-order valence-electron chi connectivity index (χ0n) is 15.1. The van der Waals surface area contributed by atoms with Crippen LogP contribution in [0.3, 0.4) is 0 Å². The predicted molar refractivity (Wildman–Crippen MR) is 104 cm³/mol. The number of carbonyl (C=O) groups excluding carboxylic acids is 1. The van der Waals surface area contributed by atoms with Crippen LogP contribution >= 0.6 is 0 Å². The molecule has 0 atom stereocenters. The second kappa shape index (κ2) is 7.23. The molecule has 0 radical (unpaired) electrons. The predicted octanol–water partition coefficient (Wildman–Crippen LogP) is 3.31. The van der Waals surface area contributed by atoms with Crippen molar-refractivity contribution in [2.45, 2.75) is 31.7 Å². The first kappa shape index (κ1) is 17.3. The van der Waals surface area contributed by atoms with Gasteiger partial charge in [0.25, 0.3) is 5.56 Å². The van der Waals surface area contributed by atoms with Crippen molar-refractivity contribution in [2.75, 3.05) is 12.4 Å². The Morgan fingerprint density at radius 1 is 1.22 bits per heavy atom. The zero-order valence-corrected chi connectivity index (χ0v) is 15.1. The summed E-state index contributed by atoms with van der Waals surface area (Å²) in [5, 5.41) is 3.50. The highest BCUT2D eigenvalue weighted by atomic mass is 16.5. The summed E-state index contributed by atoms with van der Waals surface area (Å²) in [5.74, 6) is 1.25. The summed E-state index contributed by atoms with van der Waals surface area (Å²) < 4.78 is 6.95. The van der Waals surface area contributed by atoms with Gasteiger partial charge in [0.15, 0.2) is 0 Å². The van der Waals surface area contributed by atoms with E-state index in [9.17, 15) is 9.59 Å². The van der Waals surface area contributed by atoms with E-state index in [2.05, 4.69) is 10.3 Å². The van der Waals surface area contributed by atoms with E-state index < -0.39 is 0 Å². The monoisotopic (exact) mass is 363 g/mol. The first-order chi connectivity index (χ1) is 13.2. The average Bonchev–Trinajstić information content (AvgIpc) is 3.51. The molecule has 0 saturated heterocycles. The number of amides is 1. The van der Waals surface area contributed by atoms with E-state index in [0.717, 1.165) is 12.8 Å². The van der Waals surface area contributed by atoms with Gasteiger partial charge in [-0.3, -0.25) is 14.2 Å². The molecule has 0 unspecified atom stereocenters. The molecule has 138 valence electrons. The number of nitrogens with zero attached hydrogens (tertiary/aromatic N) is 2. The van der Waals surface area contributed by atoms with Crippen LogP contribution in [-0.4, -0.2) is 22.6 Å². The molecule has 1 heterocycles. The number of aromatic nitrogens is 2. The highest BCUT2D eigenvalue weighted by molar-refractivity contribution is 5.91. The number of aryl methyl sites for hydroxylation is 1. The fourth-order valence-electron chi connectivity index (χ4n) is 3.23. The first-order valence-electron chi connectivity index (χ1n) is 9.10. The van der Waals surface area contributed by atoms with E-state index in [0.29, 0.717) is 34.6 Å². The Bertz CT molecular complexity index is 1050. The Labute approximate surface area is 156 Å². The fraction of sp³-hybridized carbons (Fsp3) is 0.286. The van der Waals surface area contributed by atoms with Gasteiger partial charge in [0, 0.05) is 30.6 Å². The Kier molecular flexibility index (Phi) is 4.62. The normalized spacial score (nSPS) is 13.5. The van der Waals surface area contributed by atoms with Crippen molar-refractivity contribution in [3.8, 4) is 5.75 Å². The molecule has 6 heteroatoms. The summed E-state index contributed by atoms with van der Waals surface area (Å²) in [6, 6.07) is 14.8. The number of rotatable bonds is 6. The Hall–Kier alpha value is -3.15. The van der Waals surface area contributed by atoms with E-state index in [1.165, 1.54) is 0 Å². The minimum absolute atomic E-state index is 0.00805. The molecule has 27 heavy (non-hydrogen) atoms. The van der Waals surface area contributed by atoms with Crippen LogP contribution in [-0.2, 0) is 11.2 Å². The molecular weight excluding hydrogens is 342 g/mol. The van der Waals surface area contributed by atoms with Crippen LogP contribution in [0.5, 0.6) is 5.75 Å². The largest absolute Gasteiger partial charge is 0.497 e. The summed E-state index contributed by atoms with van der Waals surface area (Å²) in [4.78, 5) is 29.9. The molecule has 2 aromatic carbocycles. The van der Waals surface area contributed by atoms with E-state index in [4.69, 9.17) is 4.74 Å². The molecular formula is C21H21N3O3. The number of fused-ring (bicyclic) bond motifs is 1. The molecule has 1 saturated carbocycles. The molecule has 3 aromatic rings. The standard InChI is InChI=1S/C21H21N3O3/c1-27-16-6-4-5-14(13-16)22-20(25)12-11-19-23-18-8-3-2-7-17(18)21(26)24(19)15-9-10-15/h2-8,13,15H,9-12H2,1H3,(H,22,25). The Balaban J connectivity index is 1.53. The molecule has 1 amide bonds. The molecule has 1 aromatic heterocycles. The molecule has 6 nitrogen and oxygen atoms in total. The molecule has 4 rings (SSSR count). The van der Waals surface area contributed by atoms with Crippen LogP contribution in [0.4, 0.5) is 5.69 Å². The van der Waals surface area contributed by atoms with E-state index in [-0.39, 0.29) is 23.9 Å². The van der Waals surface area contributed by atoms with Gasteiger partial charge in [-0.2, -0.15) is 0 Å². The maximum absolute atomic E-state index is 12.8. The number of benzene rings is 2. The van der Waals surface area contributed by atoms with Gasteiger partial charge in [-0.05, 0) is 37.1 Å². The van der Waals surface area contributed by atoms with Gasteiger partial charge in [-0.15, -0.1) is 0 Å². The van der Waals surface area contributed by atoms with Gasteiger partial charge in [-0.25, -0.2) is 4.98 Å². The zero-order chi connectivity index (χ0) is 18.8. The minimum Gasteiger partial charge on any atom is -0.497 e. The smallest absolute Gasteiger partial charge is 0.261 e. The van der Waals surface area contributed by atoms with Gasteiger partial charge in [0.05, 0.1) is 18.0 Å². The number of anilines is 1. The van der Waals surface area contributed by atoms with Gasteiger partial charge in [0.1, 0.15) is 11.6 Å². The van der Waals surface area contributed by atoms with Gasteiger partial charge in [-0.1, -0.05) is 18.2 Å². The van der Waals surface area contributed by atoms with Gasteiger partial charge in [0.2, 0.25) is 5.91 Å². The van der Waals surface area contributed by atoms with Crippen molar-refractivity contribution < 1.29 is 9.53 Å². The number of nitrogens with one attached hydrogen (secondary N) is 1. The lowest BCUT2D eigenvalue weighted by atomic mass is 10.2. The van der Waals surface area contributed by atoms with Crippen LogP contribution < -0.4 is 15.6 Å². The summed E-state index contributed by atoms with van der Waals surface area (Å²) in [5.41, 5.74) is 1.36. The van der Waals surface area contributed by atoms with Crippen molar-refractivity contribution in [3.05, 3.63) is 64.7 Å². The van der Waals surface area contributed by atoms with Crippen LogP contribution in [0.15, 0.2) is 53.3 Å². The molecule has 0 aliphatic heterocycles. The number of hydrogen-bond acceptors (Lipinski definition) is 4. The quantitative estimate of drug-likeness (QED) is 0.729. The first-order valence-corrected chi connectivity index (χ1v) is 9.10. The molecule has 1 aliphatic carbocycles. The summed E-state index contributed by atoms with van der Waals surface area (Å²) in [6.07, 6.45) is 2.66. The molecule has 1 N–H and O–H groups in total. The molecule has 0 spiro atoms. The summed E-state index contributed by atoms with van der Waals surface area (Å²) >= 11 is 0. The third kappa shape index (κ3) is 3.69. The maximum atomic E-state index is 12.8. The number of methoxy groups -OCH3 is 1. The number of para-hydroxylation sites is 1. The van der Waals surface area contributed by atoms with E-state index >= 15 is 0 Å². The van der Waals surface area contributed by atoms with Crippen molar-refractivity contribution in [3.63, 3.8) is 0 Å². The van der Waals surface area contributed by atoms with Crippen molar-refractivity contribution in [1.82, 2.24) is 9.55 Å². The summed E-state index contributed by atoms with van der Waals surface area (Å²) in [6.45, 7) is 0. The van der Waals surface area contributed by atoms with Crippen molar-refractivity contribution in [1.29, 1.82) is 0 Å². The highest BCUT2D eigenvalue weighted by Crippen LogP contribution is 2.34. The Morgan fingerprint density at radius 2 is 2.04 bits per heavy atom. The molecule has 1 aliphatic rings. The van der Waals surface area contributed by atoms with E-state index in [1.807, 2.05) is 42.5 Å². The molecule has 1 fully saturated rings. The number of ether oxygens (including phenoxy) is 1. The van der Waals surface area contributed by atoms with Crippen LogP contribution in [0.25, 0.3) is 10.9 Å². The third-order valence-corrected chi connectivity index (χ3v) is 4.72. The van der Waals surface area contributed by atoms with Crippen molar-refractivity contribution in [2.24, 2.45) is 0 Å². The average molecular weight is 363 g/mol. The highest BCUT2D eigenvalue weighted by Gasteiger charge is 2.28. The third-order valence-electron chi connectivity index (χ3n) is 4.72.